The third-order valence-corrected chi connectivity index (χ3v) is 2.25. The molecule has 4 N–H and O–H groups in total. The molecule has 7 heteroatoms. The Morgan fingerprint density at radius 2 is 2.06 bits per heavy atom. The molecule has 0 aliphatic carbocycles. The van der Waals surface area contributed by atoms with E-state index >= 15 is 0 Å². The van der Waals surface area contributed by atoms with Crippen molar-refractivity contribution < 1.29 is 9.90 Å². The summed E-state index contributed by atoms with van der Waals surface area (Å²) < 4.78 is 0. The number of rotatable bonds is 2. The van der Waals surface area contributed by atoms with Gasteiger partial charge in [-0.15, -0.1) is 5.10 Å². The van der Waals surface area contributed by atoms with Crippen molar-refractivity contribution in [2.24, 2.45) is 0 Å². The maximum Gasteiger partial charge on any atom is 0.295 e. The Kier molecular flexibility index (Phi) is 2.65. The number of amides is 1. The second kappa shape index (κ2) is 4.12. The van der Waals surface area contributed by atoms with E-state index < -0.39 is 0 Å². The summed E-state index contributed by atoms with van der Waals surface area (Å²) in [5, 5.41) is 15.2. The number of nitrogens with one attached hydrogen (secondary N) is 1. The van der Waals surface area contributed by atoms with Gasteiger partial charge in [0.15, 0.2) is 0 Å². The van der Waals surface area contributed by atoms with Gasteiger partial charge in [-0.1, -0.05) is 0 Å². The molecule has 0 aliphatic rings. The quantitative estimate of drug-likeness (QED) is 0.694. The Morgan fingerprint density at radius 1 is 1.41 bits per heavy atom. The molecule has 0 unspecified atom stereocenters. The van der Waals surface area contributed by atoms with Crippen molar-refractivity contribution in [3.8, 4) is 5.75 Å². The second-order valence-corrected chi connectivity index (χ2v) is 3.42. The number of carbonyl (C=O) groups excluding carboxylic acids is 1. The highest BCUT2D eigenvalue weighted by atomic mass is 16.3. The van der Waals surface area contributed by atoms with Crippen LogP contribution in [0, 0.1) is 0 Å². The lowest BCUT2D eigenvalue weighted by molar-refractivity contribution is 0.0983. The van der Waals surface area contributed by atoms with Gasteiger partial charge in [-0.2, -0.15) is 4.98 Å². The van der Waals surface area contributed by atoms with Crippen LogP contribution in [-0.4, -0.2) is 33.2 Å². The van der Waals surface area contributed by atoms with Crippen molar-refractivity contribution in [3.05, 3.63) is 30.1 Å². The van der Waals surface area contributed by atoms with Crippen molar-refractivity contribution in [1.82, 2.24) is 15.2 Å². The molecule has 0 atom stereocenters. The molecule has 2 aromatic rings. The fraction of sp³-hybridized carbons (Fsp3) is 0.100. The van der Waals surface area contributed by atoms with E-state index in [1.54, 1.807) is 19.2 Å². The fourth-order valence-corrected chi connectivity index (χ4v) is 1.32. The molecule has 0 bridgehead atoms. The average molecular weight is 233 g/mol. The minimum Gasteiger partial charge on any atom is -0.508 e. The Hall–Kier alpha value is -2.57. The van der Waals surface area contributed by atoms with Crippen molar-refractivity contribution in [2.45, 2.75) is 0 Å². The van der Waals surface area contributed by atoms with Crippen molar-refractivity contribution in [2.75, 3.05) is 17.7 Å². The first kappa shape index (κ1) is 10.9. The smallest absolute Gasteiger partial charge is 0.295 e. The third-order valence-electron chi connectivity index (χ3n) is 2.25. The van der Waals surface area contributed by atoms with Crippen LogP contribution in [0.2, 0.25) is 0 Å². The maximum atomic E-state index is 11.9. The fourth-order valence-electron chi connectivity index (χ4n) is 1.32. The normalized spacial score (nSPS) is 10.2. The number of carbonyl (C=O) groups is 1. The molecular weight excluding hydrogens is 222 g/mol. The van der Waals surface area contributed by atoms with Gasteiger partial charge >= 0.3 is 0 Å². The zero-order chi connectivity index (χ0) is 12.4. The van der Waals surface area contributed by atoms with E-state index in [-0.39, 0.29) is 23.4 Å². The molecule has 1 amide bonds. The Bertz CT molecular complexity index is 534. The van der Waals surface area contributed by atoms with E-state index in [0.717, 1.165) is 0 Å². The summed E-state index contributed by atoms with van der Waals surface area (Å²) in [5.41, 5.74) is 5.95. The van der Waals surface area contributed by atoms with Crippen LogP contribution in [0.4, 0.5) is 11.6 Å². The molecule has 0 saturated heterocycles. The summed E-state index contributed by atoms with van der Waals surface area (Å²) in [6.45, 7) is 0. The lowest BCUT2D eigenvalue weighted by Crippen LogP contribution is -2.27. The Morgan fingerprint density at radius 3 is 2.59 bits per heavy atom. The van der Waals surface area contributed by atoms with E-state index in [1.807, 2.05) is 0 Å². The molecule has 2 rings (SSSR count). The van der Waals surface area contributed by atoms with E-state index in [2.05, 4.69) is 15.2 Å². The zero-order valence-corrected chi connectivity index (χ0v) is 9.08. The predicted molar refractivity (Wildman–Crippen MR) is 61.6 cm³/mol. The van der Waals surface area contributed by atoms with Gasteiger partial charge in [0.2, 0.25) is 11.8 Å². The van der Waals surface area contributed by atoms with Gasteiger partial charge in [0.05, 0.1) is 0 Å². The highest BCUT2D eigenvalue weighted by Crippen LogP contribution is 2.18. The van der Waals surface area contributed by atoms with Gasteiger partial charge < -0.3 is 15.7 Å². The number of aromatic amines is 1. The van der Waals surface area contributed by atoms with Crippen LogP contribution in [0.1, 0.15) is 10.6 Å². The predicted octanol–water partition coefficient (Wildman–Crippen LogP) is 0.369. The van der Waals surface area contributed by atoms with Crippen molar-refractivity contribution in [1.29, 1.82) is 0 Å². The van der Waals surface area contributed by atoms with Gasteiger partial charge in [-0.05, 0) is 24.3 Å². The lowest BCUT2D eigenvalue weighted by Gasteiger charge is -2.15. The van der Waals surface area contributed by atoms with Crippen LogP contribution >= 0.6 is 0 Å². The van der Waals surface area contributed by atoms with Gasteiger partial charge in [-0.25, -0.2) is 0 Å². The number of nitrogens with zero attached hydrogens (tertiary/aromatic N) is 3. The molecular formula is C10H11N5O2. The van der Waals surface area contributed by atoms with Crippen LogP contribution in [-0.2, 0) is 0 Å². The molecule has 1 aromatic carbocycles. The minimum atomic E-state index is -0.361. The molecule has 7 nitrogen and oxygen atoms in total. The number of aromatic nitrogens is 3. The minimum absolute atomic E-state index is 0.0208. The molecule has 17 heavy (non-hydrogen) atoms. The lowest BCUT2D eigenvalue weighted by atomic mass is 10.3. The summed E-state index contributed by atoms with van der Waals surface area (Å²) in [7, 11) is 1.59. The monoisotopic (exact) mass is 233 g/mol. The first-order valence-electron chi connectivity index (χ1n) is 4.83. The van der Waals surface area contributed by atoms with Crippen LogP contribution in [0.3, 0.4) is 0 Å². The average Bonchev–Trinajstić information content (AvgIpc) is 2.75. The maximum absolute atomic E-state index is 11.9. The number of phenols is 1. The van der Waals surface area contributed by atoms with Gasteiger partial charge in [-0.3, -0.25) is 9.89 Å². The second-order valence-electron chi connectivity index (χ2n) is 3.42. The first-order valence-corrected chi connectivity index (χ1v) is 4.83. The number of aromatic hydroxyl groups is 1. The number of benzene rings is 1. The third kappa shape index (κ3) is 2.17. The summed E-state index contributed by atoms with van der Waals surface area (Å²) in [6, 6.07) is 6.22. The highest BCUT2D eigenvalue weighted by molar-refractivity contribution is 6.03. The number of hydrogen-bond acceptors (Lipinski definition) is 5. The number of H-pyrrole nitrogens is 1. The summed E-state index contributed by atoms with van der Waals surface area (Å²) in [5.74, 6) is -0.135. The standard InChI is InChI=1S/C10H11N5O2/c1-15(6-2-4-7(16)5-3-6)9(17)8-12-10(11)14-13-8/h2-5,16H,1H3,(H3,11,12,13,14). The van der Waals surface area contributed by atoms with Crippen LogP contribution in [0.25, 0.3) is 0 Å². The molecule has 88 valence electrons. The zero-order valence-electron chi connectivity index (χ0n) is 9.08. The van der Waals surface area contributed by atoms with Gasteiger partial charge in [0, 0.05) is 12.7 Å². The topological polar surface area (TPSA) is 108 Å². The first-order chi connectivity index (χ1) is 8.08. The largest absolute Gasteiger partial charge is 0.508 e. The molecule has 0 aliphatic heterocycles. The van der Waals surface area contributed by atoms with Crippen LogP contribution < -0.4 is 10.6 Å². The number of hydrogen-bond donors (Lipinski definition) is 3. The molecule has 0 radical (unpaired) electrons. The van der Waals surface area contributed by atoms with Crippen molar-refractivity contribution >= 4 is 17.5 Å². The molecule has 0 fully saturated rings. The Labute approximate surface area is 96.9 Å². The summed E-state index contributed by atoms with van der Waals surface area (Å²) in [6.07, 6.45) is 0. The Balaban J connectivity index is 2.23. The van der Waals surface area contributed by atoms with Crippen LogP contribution in [0.15, 0.2) is 24.3 Å². The van der Waals surface area contributed by atoms with Crippen LogP contribution in [0.5, 0.6) is 5.75 Å². The van der Waals surface area contributed by atoms with Gasteiger partial charge in [0.25, 0.3) is 5.91 Å². The summed E-state index contributed by atoms with van der Waals surface area (Å²) >= 11 is 0. The molecule has 1 aromatic heterocycles. The molecule has 1 heterocycles. The van der Waals surface area contributed by atoms with Gasteiger partial charge in [0.1, 0.15) is 5.75 Å². The number of phenolic OH excluding ortho intramolecular Hbond substituents is 1. The SMILES string of the molecule is CN(C(=O)c1nc(N)n[nH]1)c1ccc(O)cc1. The number of anilines is 2. The number of nitrogen functional groups attached to an aromatic ring is 1. The van der Waals surface area contributed by atoms with E-state index in [4.69, 9.17) is 10.8 Å². The van der Waals surface area contributed by atoms with E-state index in [9.17, 15) is 4.79 Å². The van der Waals surface area contributed by atoms with E-state index in [0.29, 0.717) is 5.69 Å². The van der Waals surface area contributed by atoms with E-state index in [1.165, 1.54) is 17.0 Å². The molecule has 0 saturated carbocycles. The highest BCUT2D eigenvalue weighted by Gasteiger charge is 2.17. The van der Waals surface area contributed by atoms with Crippen molar-refractivity contribution in [3.63, 3.8) is 0 Å². The number of nitrogens with two attached hydrogens (primary N) is 1. The molecule has 0 spiro atoms. The summed E-state index contributed by atoms with van der Waals surface area (Å²) in [4.78, 5) is 17.0.